The summed E-state index contributed by atoms with van der Waals surface area (Å²) in [6.45, 7) is 5.59. The van der Waals surface area contributed by atoms with Gasteiger partial charge in [-0.1, -0.05) is 0 Å². The van der Waals surface area contributed by atoms with Gasteiger partial charge in [0.25, 0.3) is 11.5 Å². The number of aromatic nitrogens is 3. The Bertz CT molecular complexity index is 1340. The number of piperazine rings is 1. The first-order valence-electron chi connectivity index (χ1n) is 10.9. The number of aryl methyl sites for hydroxylation is 1. The molecular weight excluding hydrogens is 420 g/mol. The highest BCUT2D eigenvalue weighted by Crippen LogP contribution is 2.21. The van der Waals surface area contributed by atoms with Crippen LogP contribution >= 0.6 is 0 Å². The topological polar surface area (TPSA) is 105 Å². The standard InChI is InChI=1S/C24H24N6O3/c1-16-20-8-9-21(31)30(22(20)28-24(27-16)29-12-10-25-11-13-29)18-6-4-17(5-7-18)23(32)26-15-19-3-2-14-33-19/h2-9,14,25H,10-13,15H2,1H3,(H,26,32). The summed E-state index contributed by atoms with van der Waals surface area (Å²) >= 11 is 0. The van der Waals surface area contributed by atoms with Crippen molar-refractivity contribution in [3.8, 4) is 5.69 Å². The molecular formula is C24H24N6O3. The number of hydrogen-bond acceptors (Lipinski definition) is 7. The largest absolute Gasteiger partial charge is 0.467 e. The SMILES string of the molecule is Cc1nc(N2CCNCC2)nc2c1ccc(=O)n2-c1ccc(C(=O)NCc2ccco2)cc1. The number of carbonyl (C=O) groups is 1. The summed E-state index contributed by atoms with van der Waals surface area (Å²) in [6, 6.07) is 13.8. The van der Waals surface area contributed by atoms with Crippen LogP contribution in [0.1, 0.15) is 21.8 Å². The highest BCUT2D eigenvalue weighted by atomic mass is 16.3. The second-order valence-electron chi connectivity index (χ2n) is 7.90. The van der Waals surface area contributed by atoms with Gasteiger partial charge in [0.1, 0.15) is 5.76 Å². The zero-order valence-electron chi connectivity index (χ0n) is 18.2. The van der Waals surface area contributed by atoms with Crippen LogP contribution < -0.4 is 21.1 Å². The van der Waals surface area contributed by atoms with E-state index in [1.807, 2.05) is 6.92 Å². The lowest BCUT2D eigenvalue weighted by molar-refractivity contribution is 0.0948. The zero-order chi connectivity index (χ0) is 22.8. The molecule has 1 amide bonds. The Morgan fingerprint density at radius 2 is 1.88 bits per heavy atom. The van der Waals surface area contributed by atoms with Crippen molar-refractivity contribution in [1.82, 2.24) is 25.2 Å². The van der Waals surface area contributed by atoms with E-state index in [1.54, 1.807) is 53.3 Å². The first kappa shape index (κ1) is 20.9. The molecule has 1 aliphatic rings. The van der Waals surface area contributed by atoms with Gasteiger partial charge in [-0.3, -0.25) is 14.2 Å². The minimum absolute atomic E-state index is 0.193. The zero-order valence-corrected chi connectivity index (χ0v) is 18.2. The monoisotopic (exact) mass is 444 g/mol. The molecule has 1 saturated heterocycles. The van der Waals surface area contributed by atoms with Crippen molar-refractivity contribution >= 4 is 22.9 Å². The molecule has 168 valence electrons. The molecule has 1 fully saturated rings. The Hall–Kier alpha value is -3.98. The van der Waals surface area contributed by atoms with Gasteiger partial charge in [-0.15, -0.1) is 0 Å². The fraction of sp³-hybridized carbons (Fsp3) is 0.250. The highest BCUT2D eigenvalue weighted by Gasteiger charge is 2.17. The molecule has 33 heavy (non-hydrogen) atoms. The van der Waals surface area contributed by atoms with Crippen LogP contribution in [0.3, 0.4) is 0 Å². The van der Waals surface area contributed by atoms with Crippen molar-refractivity contribution in [3.63, 3.8) is 0 Å². The number of amides is 1. The molecule has 0 bridgehead atoms. The van der Waals surface area contributed by atoms with Gasteiger partial charge in [0.2, 0.25) is 5.95 Å². The summed E-state index contributed by atoms with van der Waals surface area (Å²) in [4.78, 5) is 36.9. The van der Waals surface area contributed by atoms with Gasteiger partial charge in [0, 0.05) is 43.2 Å². The predicted molar refractivity (Wildman–Crippen MR) is 125 cm³/mol. The molecule has 1 aliphatic heterocycles. The molecule has 0 radical (unpaired) electrons. The van der Waals surface area contributed by atoms with Crippen LogP contribution in [-0.2, 0) is 6.54 Å². The van der Waals surface area contributed by atoms with Gasteiger partial charge < -0.3 is 20.0 Å². The molecule has 1 aromatic carbocycles. The number of anilines is 1. The molecule has 4 heterocycles. The third kappa shape index (κ3) is 4.22. The fourth-order valence-corrected chi connectivity index (χ4v) is 3.95. The summed E-state index contributed by atoms with van der Waals surface area (Å²) in [5.41, 5.74) is 2.31. The molecule has 0 unspecified atom stereocenters. The summed E-state index contributed by atoms with van der Waals surface area (Å²) in [6.07, 6.45) is 1.57. The van der Waals surface area contributed by atoms with Gasteiger partial charge in [0.05, 0.1) is 24.2 Å². The number of hydrogen-bond donors (Lipinski definition) is 2. The van der Waals surface area contributed by atoms with Gasteiger partial charge in [0.15, 0.2) is 5.65 Å². The lowest BCUT2D eigenvalue weighted by Crippen LogP contribution is -2.44. The first-order valence-corrected chi connectivity index (χ1v) is 10.9. The van der Waals surface area contributed by atoms with Crippen LogP contribution in [0.4, 0.5) is 5.95 Å². The van der Waals surface area contributed by atoms with Gasteiger partial charge in [-0.25, -0.2) is 4.98 Å². The van der Waals surface area contributed by atoms with E-state index >= 15 is 0 Å². The van der Waals surface area contributed by atoms with E-state index in [4.69, 9.17) is 9.40 Å². The Labute approximate surface area is 190 Å². The normalized spacial score (nSPS) is 13.9. The number of furan rings is 1. The maximum Gasteiger partial charge on any atom is 0.256 e. The Morgan fingerprint density at radius 1 is 1.09 bits per heavy atom. The number of rotatable bonds is 5. The quantitative estimate of drug-likeness (QED) is 0.485. The number of nitrogens with zero attached hydrogens (tertiary/aromatic N) is 4. The van der Waals surface area contributed by atoms with E-state index in [1.165, 1.54) is 6.07 Å². The van der Waals surface area contributed by atoms with Crippen LogP contribution in [0, 0.1) is 6.92 Å². The van der Waals surface area contributed by atoms with Crippen LogP contribution in [0.5, 0.6) is 0 Å². The lowest BCUT2D eigenvalue weighted by atomic mass is 10.1. The van der Waals surface area contributed by atoms with E-state index in [-0.39, 0.29) is 11.5 Å². The average molecular weight is 444 g/mol. The van der Waals surface area contributed by atoms with E-state index in [9.17, 15) is 9.59 Å². The third-order valence-corrected chi connectivity index (χ3v) is 5.72. The van der Waals surface area contributed by atoms with E-state index < -0.39 is 0 Å². The Kier molecular flexibility index (Phi) is 5.62. The van der Waals surface area contributed by atoms with Gasteiger partial charge in [-0.2, -0.15) is 4.98 Å². The van der Waals surface area contributed by atoms with Gasteiger partial charge in [-0.05, 0) is 49.4 Å². The van der Waals surface area contributed by atoms with Crippen LogP contribution in [-0.4, -0.2) is 46.6 Å². The van der Waals surface area contributed by atoms with Crippen molar-refractivity contribution in [2.45, 2.75) is 13.5 Å². The molecule has 3 aromatic heterocycles. The molecule has 4 aromatic rings. The number of nitrogens with one attached hydrogen (secondary N) is 2. The van der Waals surface area contributed by atoms with Crippen LogP contribution in [0.2, 0.25) is 0 Å². The summed E-state index contributed by atoms with van der Waals surface area (Å²) in [5.74, 6) is 1.08. The van der Waals surface area contributed by atoms with Crippen molar-refractivity contribution in [1.29, 1.82) is 0 Å². The fourth-order valence-electron chi connectivity index (χ4n) is 3.95. The number of fused-ring (bicyclic) bond motifs is 1. The minimum atomic E-state index is -0.220. The summed E-state index contributed by atoms with van der Waals surface area (Å²) in [5, 5.41) is 6.96. The molecule has 0 aliphatic carbocycles. The molecule has 0 spiro atoms. The van der Waals surface area contributed by atoms with E-state index in [0.717, 1.165) is 37.3 Å². The van der Waals surface area contributed by atoms with Crippen molar-refractivity contribution in [3.05, 3.63) is 82.2 Å². The first-order chi connectivity index (χ1) is 16.1. The third-order valence-electron chi connectivity index (χ3n) is 5.72. The Morgan fingerprint density at radius 3 is 2.61 bits per heavy atom. The smallest absolute Gasteiger partial charge is 0.256 e. The van der Waals surface area contributed by atoms with Gasteiger partial charge >= 0.3 is 0 Å². The predicted octanol–water partition coefficient (Wildman–Crippen LogP) is 2.02. The number of carbonyl (C=O) groups excluding carboxylic acids is 1. The summed E-state index contributed by atoms with van der Waals surface area (Å²) in [7, 11) is 0. The van der Waals surface area contributed by atoms with E-state index in [0.29, 0.717) is 35.2 Å². The van der Waals surface area contributed by atoms with Crippen molar-refractivity contribution < 1.29 is 9.21 Å². The second-order valence-corrected chi connectivity index (χ2v) is 7.90. The molecule has 9 heteroatoms. The van der Waals surface area contributed by atoms with Crippen molar-refractivity contribution in [2.24, 2.45) is 0 Å². The molecule has 2 N–H and O–H groups in total. The van der Waals surface area contributed by atoms with Crippen LogP contribution in [0.25, 0.3) is 16.7 Å². The maximum atomic E-state index is 12.9. The molecule has 9 nitrogen and oxygen atoms in total. The molecule has 0 saturated carbocycles. The Balaban J connectivity index is 1.48. The average Bonchev–Trinajstić information content (AvgIpc) is 3.37. The summed E-state index contributed by atoms with van der Waals surface area (Å²) < 4.78 is 6.81. The van der Waals surface area contributed by atoms with Crippen LogP contribution in [0.15, 0.2) is 64.0 Å². The lowest BCUT2D eigenvalue weighted by Gasteiger charge is -2.28. The second kappa shape index (κ2) is 8.87. The molecule has 5 rings (SSSR count). The maximum absolute atomic E-state index is 12.9. The number of benzene rings is 1. The molecule has 0 atom stereocenters. The number of pyridine rings is 1. The minimum Gasteiger partial charge on any atom is -0.467 e. The van der Waals surface area contributed by atoms with Crippen molar-refractivity contribution in [2.75, 3.05) is 31.1 Å². The highest BCUT2D eigenvalue weighted by molar-refractivity contribution is 5.94. The van der Waals surface area contributed by atoms with E-state index in [2.05, 4.69) is 20.5 Å².